The van der Waals surface area contributed by atoms with Gasteiger partial charge in [0.25, 0.3) is 5.69 Å². The number of anilines is 2. The first-order valence-corrected chi connectivity index (χ1v) is 10.5. The van der Waals surface area contributed by atoms with Gasteiger partial charge in [0, 0.05) is 23.9 Å². The van der Waals surface area contributed by atoms with Gasteiger partial charge < -0.3 is 14.5 Å². The van der Waals surface area contributed by atoms with Crippen molar-refractivity contribution in [2.75, 3.05) is 17.9 Å². The first kappa shape index (κ1) is 25.6. The molecule has 3 aromatic rings. The Labute approximate surface area is 204 Å². The Balaban J connectivity index is 1.75. The van der Waals surface area contributed by atoms with Crippen molar-refractivity contribution in [2.45, 2.75) is 19.3 Å². The highest BCUT2D eigenvalue weighted by Crippen LogP contribution is 2.29. The largest absolute Gasteiger partial charge is 0.497 e. The van der Waals surface area contributed by atoms with Crippen LogP contribution in [0, 0.1) is 20.2 Å². The molecule has 1 amide bonds. The highest BCUT2D eigenvalue weighted by atomic mass is 16.6. The summed E-state index contributed by atoms with van der Waals surface area (Å²) in [4.78, 5) is 45.7. The van der Waals surface area contributed by atoms with Crippen molar-refractivity contribution >= 4 is 40.2 Å². The molecule has 3 rings (SSSR count). The molecule has 0 spiro atoms. The van der Waals surface area contributed by atoms with E-state index in [1.54, 1.807) is 30.3 Å². The lowest BCUT2D eigenvalue weighted by atomic mass is 10.1. The minimum absolute atomic E-state index is 0.0413. The Morgan fingerprint density at radius 1 is 1.03 bits per heavy atom. The van der Waals surface area contributed by atoms with Gasteiger partial charge in [-0.3, -0.25) is 35.2 Å². The third-order valence-electron chi connectivity index (χ3n) is 4.90. The van der Waals surface area contributed by atoms with Gasteiger partial charge in [0.2, 0.25) is 11.7 Å². The number of carbonyl (C=O) groups excluding carboxylic acids is 2. The number of Topliss-reactive ketones (excluding diaryl/α,β-unsaturated/α-hetero) is 1. The zero-order valence-corrected chi connectivity index (χ0v) is 19.0. The summed E-state index contributed by atoms with van der Waals surface area (Å²) >= 11 is 0. The van der Waals surface area contributed by atoms with Crippen LogP contribution in [0.2, 0.25) is 0 Å². The molecule has 186 valence electrons. The maximum atomic E-state index is 12.5. The number of methoxy groups -OCH3 is 1. The number of non-ortho nitro benzene ring substituents is 1. The van der Waals surface area contributed by atoms with Crippen molar-refractivity contribution in [1.82, 2.24) is 0 Å². The molecule has 0 aliphatic rings. The van der Waals surface area contributed by atoms with Gasteiger partial charge in [0.05, 0.1) is 35.7 Å². The molecule has 13 heteroatoms. The average Bonchev–Trinajstić information content (AvgIpc) is 3.41. The van der Waals surface area contributed by atoms with Crippen LogP contribution in [0.25, 0.3) is 0 Å². The van der Waals surface area contributed by atoms with Crippen LogP contribution in [0.3, 0.4) is 0 Å². The molecule has 2 aromatic carbocycles. The van der Waals surface area contributed by atoms with Crippen molar-refractivity contribution in [1.29, 1.82) is 0 Å². The number of furan rings is 1. The van der Waals surface area contributed by atoms with Crippen LogP contribution in [-0.2, 0) is 4.79 Å². The summed E-state index contributed by atoms with van der Waals surface area (Å²) in [6.45, 7) is 0. The lowest BCUT2D eigenvalue weighted by molar-refractivity contribution is -0.393. The predicted molar refractivity (Wildman–Crippen MR) is 129 cm³/mol. The zero-order chi connectivity index (χ0) is 26.1. The van der Waals surface area contributed by atoms with Crippen molar-refractivity contribution in [2.24, 2.45) is 5.10 Å². The predicted octanol–water partition coefficient (Wildman–Crippen LogP) is 4.56. The summed E-state index contributed by atoms with van der Waals surface area (Å²) in [5, 5.41) is 29.1. The quantitative estimate of drug-likeness (QED) is 0.157. The maximum Gasteiger partial charge on any atom is 0.301 e. The van der Waals surface area contributed by atoms with Gasteiger partial charge in [-0.05, 0) is 48.9 Å². The highest BCUT2D eigenvalue weighted by molar-refractivity contribution is 6.09. The zero-order valence-electron chi connectivity index (χ0n) is 19.0. The van der Waals surface area contributed by atoms with Crippen LogP contribution in [0.15, 0.2) is 70.4 Å². The van der Waals surface area contributed by atoms with E-state index in [0.717, 1.165) is 18.2 Å². The number of hydrogen-bond acceptors (Lipinski definition) is 10. The van der Waals surface area contributed by atoms with E-state index >= 15 is 0 Å². The molecule has 0 bridgehead atoms. The van der Waals surface area contributed by atoms with Gasteiger partial charge in [-0.15, -0.1) is 0 Å². The van der Waals surface area contributed by atoms with E-state index in [2.05, 4.69) is 15.8 Å². The van der Waals surface area contributed by atoms with Crippen molar-refractivity contribution in [3.05, 3.63) is 86.8 Å². The summed E-state index contributed by atoms with van der Waals surface area (Å²) in [6.07, 6.45) is 1.12. The number of hydrazone groups is 1. The minimum atomic E-state index is -0.791. The number of rotatable bonds is 12. The van der Waals surface area contributed by atoms with E-state index in [1.807, 2.05) is 0 Å². The average molecular weight is 495 g/mol. The van der Waals surface area contributed by atoms with E-state index in [0.29, 0.717) is 11.4 Å². The second kappa shape index (κ2) is 11.9. The fourth-order valence-electron chi connectivity index (χ4n) is 3.07. The molecule has 0 saturated carbocycles. The molecule has 1 aromatic heterocycles. The number of amides is 1. The fraction of sp³-hybridized carbons (Fsp3) is 0.174. The minimum Gasteiger partial charge on any atom is -0.497 e. The number of carbonyl (C=O) groups is 2. The van der Waals surface area contributed by atoms with Crippen LogP contribution >= 0.6 is 0 Å². The first-order valence-electron chi connectivity index (χ1n) is 10.5. The Bertz CT molecular complexity index is 1290. The van der Waals surface area contributed by atoms with Gasteiger partial charge in [0.15, 0.2) is 5.76 Å². The Morgan fingerprint density at radius 2 is 1.78 bits per heavy atom. The third-order valence-corrected chi connectivity index (χ3v) is 4.90. The number of nitrogens with zero attached hydrogens (tertiary/aromatic N) is 3. The number of ketones is 1. The van der Waals surface area contributed by atoms with E-state index in [9.17, 15) is 29.8 Å². The number of nitro benzene ring substituents is 2. The monoisotopic (exact) mass is 495 g/mol. The molecule has 0 saturated heterocycles. The molecule has 1 heterocycles. The molecule has 0 fully saturated rings. The number of nitro groups is 2. The lowest BCUT2D eigenvalue weighted by Crippen LogP contribution is -2.16. The van der Waals surface area contributed by atoms with Crippen LogP contribution in [0.1, 0.15) is 29.8 Å². The van der Waals surface area contributed by atoms with E-state index in [-0.39, 0.29) is 42.3 Å². The van der Waals surface area contributed by atoms with Crippen LogP contribution in [-0.4, -0.2) is 34.4 Å². The topological polar surface area (TPSA) is 179 Å². The second-order valence-corrected chi connectivity index (χ2v) is 7.36. The molecular weight excluding hydrogens is 474 g/mol. The standard InChI is InChI=1S/C23H21N5O8/c1-35-18-8-4-15(5-9-18)24-23(30)11-6-16(13-21(29)22-3-2-12-36-22)25-26-19-10-7-17(27(31)32)14-20(19)28(33)34/h2-5,7-10,12,14,26H,6,11,13H2,1H3,(H,24,30)/b25-16-. The molecule has 36 heavy (non-hydrogen) atoms. The first-order chi connectivity index (χ1) is 17.3. The number of hydrogen-bond donors (Lipinski definition) is 2. The van der Waals surface area contributed by atoms with E-state index in [4.69, 9.17) is 9.15 Å². The van der Waals surface area contributed by atoms with Gasteiger partial charge >= 0.3 is 5.69 Å². The normalized spacial score (nSPS) is 11.0. The van der Waals surface area contributed by atoms with Crippen LogP contribution in [0.4, 0.5) is 22.7 Å². The van der Waals surface area contributed by atoms with Crippen LogP contribution in [0.5, 0.6) is 5.75 Å². The van der Waals surface area contributed by atoms with Gasteiger partial charge in [-0.2, -0.15) is 5.10 Å². The summed E-state index contributed by atoms with van der Waals surface area (Å²) in [6, 6.07) is 12.8. The molecule has 0 aliphatic heterocycles. The van der Waals surface area contributed by atoms with Gasteiger partial charge in [-0.25, -0.2) is 0 Å². The summed E-state index contributed by atoms with van der Waals surface area (Å²) in [7, 11) is 1.53. The van der Waals surface area contributed by atoms with Crippen molar-refractivity contribution in [3.63, 3.8) is 0 Å². The van der Waals surface area contributed by atoms with Gasteiger partial charge in [0.1, 0.15) is 11.4 Å². The number of benzene rings is 2. The van der Waals surface area contributed by atoms with Crippen LogP contribution < -0.4 is 15.5 Å². The second-order valence-electron chi connectivity index (χ2n) is 7.36. The number of ether oxygens (including phenoxy) is 1. The highest BCUT2D eigenvalue weighted by Gasteiger charge is 2.20. The molecular formula is C23H21N5O8. The third kappa shape index (κ3) is 6.96. The SMILES string of the molecule is COc1ccc(NC(=O)CC/C(CC(=O)c2ccco2)=N/Nc2ccc([N+](=O)[O-])cc2[N+](=O)[O-])cc1. The van der Waals surface area contributed by atoms with Crippen molar-refractivity contribution < 1.29 is 28.6 Å². The lowest BCUT2D eigenvalue weighted by Gasteiger charge is -2.09. The molecule has 0 radical (unpaired) electrons. The number of nitrogens with one attached hydrogen (secondary N) is 2. The summed E-state index contributed by atoms with van der Waals surface area (Å²) in [5.41, 5.74) is 2.12. The van der Waals surface area contributed by atoms with Crippen molar-refractivity contribution in [3.8, 4) is 5.75 Å². The molecule has 0 aliphatic carbocycles. The van der Waals surface area contributed by atoms with E-state index < -0.39 is 27.0 Å². The fourth-order valence-corrected chi connectivity index (χ4v) is 3.07. The molecule has 13 nitrogen and oxygen atoms in total. The Kier molecular flexibility index (Phi) is 8.43. The van der Waals surface area contributed by atoms with Gasteiger partial charge in [-0.1, -0.05) is 0 Å². The Morgan fingerprint density at radius 3 is 2.39 bits per heavy atom. The Hall–Kier alpha value is -5.07. The summed E-state index contributed by atoms with van der Waals surface area (Å²) < 4.78 is 10.2. The maximum absolute atomic E-state index is 12.5. The summed E-state index contributed by atoms with van der Waals surface area (Å²) in [5.74, 6) is -0.0362. The smallest absolute Gasteiger partial charge is 0.301 e. The molecule has 0 unspecified atom stereocenters. The molecule has 2 N–H and O–H groups in total. The van der Waals surface area contributed by atoms with E-state index in [1.165, 1.54) is 19.4 Å². The molecule has 0 atom stereocenters.